The molecule has 3 aliphatic rings. The van der Waals surface area contributed by atoms with Crippen molar-refractivity contribution in [2.75, 3.05) is 41.1 Å². The molecule has 10 heteroatoms. The molecule has 5 rings (SSSR count). The first-order valence-electron chi connectivity index (χ1n) is 17.4. The predicted molar refractivity (Wildman–Crippen MR) is 188 cm³/mol. The summed E-state index contributed by atoms with van der Waals surface area (Å²) in [6.45, 7) is 8.53. The molecule has 10 nitrogen and oxygen atoms in total. The largest absolute Gasteiger partial charge is 0.459 e. The number of hydrogen-bond acceptors (Lipinski definition) is 9. The fourth-order valence-electron chi connectivity index (χ4n) is 8.09. The van der Waals surface area contributed by atoms with Crippen LogP contribution in [0.3, 0.4) is 0 Å². The summed E-state index contributed by atoms with van der Waals surface area (Å²) in [4.78, 5) is 20.2. The molecular formula is C39H52N2O8. The number of aliphatic hydroxyl groups is 2. The van der Waals surface area contributed by atoms with E-state index in [9.17, 15) is 15.0 Å². The Morgan fingerprint density at radius 2 is 1.76 bits per heavy atom. The van der Waals surface area contributed by atoms with Gasteiger partial charge in [0.25, 0.3) is 0 Å². The lowest BCUT2D eigenvalue weighted by Gasteiger charge is -2.59. The van der Waals surface area contributed by atoms with Crippen LogP contribution in [0.5, 0.6) is 17.2 Å². The highest BCUT2D eigenvalue weighted by Gasteiger charge is 2.65. The zero-order valence-electron chi connectivity index (χ0n) is 29.5. The van der Waals surface area contributed by atoms with E-state index in [1.807, 2.05) is 24.3 Å². The maximum atomic E-state index is 13.2. The van der Waals surface area contributed by atoms with Gasteiger partial charge in [0.15, 0.2) is 0 Å². The Morgan fingerprint density at radius 1 is 1.04 bits per heavy atom. The van der Waals surface area contributed by atoms with Gasteiger partial charge in [-0.15, -0.1) is 6.58 Å². The minimum Gasteiger partial charge on any atom is -0.459 e. The number of ether oxygens (including phenoxy) is 4. The number of unbranched alkanes of at least 4 members (excludes halogenated alkanes) is 2. The molecule has 0 spiro atoms. The summed E-state index contributed by atoms with van der Waals surface area (Å²) < 4.78 is 25.5. The van der Waals surface area contributed by atoms with Crippen LogP contribution in [0.1, 0.15) is 67.6 Å². The molecule has 2 aromatic carbocycles. The maximum absolute atomic E-state index is 13.2. The summed E-state index contributed by atoms with van der Waals surface area (Å²) in [5.41, 5.74) is 5.04. The Labute approximate surface area is 290 Å². The number of benzene rings is 2. The number of methoxy groups -OCH3 is 1. The number of carbonyl (C=O) groups excluding carboxylic acids is 1. The number of amides is 1. The summed E-state index contributed by atoms with van der Waals surface area (Å²) in [6.07, 6.45) is 8.62. The van der Waals surface area contributed by atoms with Gasteiger partial charge in [-0.2, -0.15) is 0 Å². The van der Waals surface area contributed by atoms with Gasteiger partial charge in [-0.3, -0.25) is 0 Å². The lowest BCUT2D eigenvalue weighted by atomic mass is 9.55. The van der Waals surface area contributed by atoms with E-state index >= 15 is 0 Å². The van der Waals surface area contributed by atoms with E-state index in [2.05, 4.69) is 43.8 Å². The van der Waals surface area contributed by atoms with Gasteiger partial charge in [0.2, 0.25) is 5.79 Å². The number of allylic oxidation sites excluding steroid dienone is 1. The third kappa shape index (κ3) is 7.37. The number of fused-ring (bicyclic) bond motifs is 2. The number of hydrogen-bond donors (Lipinski definition) is 2. The van der Waals surface area contributed by atoms with E-state index < -0.39 is 17.9 Å². The average Bonchev–Trinajstić information content (AvgIpc) is 3.10. The second-order valence-corrected chi connectivity index (χ2v) is 13.4. The van der Waals surface area contributed by atoms with E-state index in [1.165, 1.54) is 19.8 Å². The minimum absolute atomic E-state index is 0.119. The van der Waals surface area contributed by atoms with Gasteiger partial charge in [0.1, 0.15) is 30.4 Å². The quantitative estimate of drug-likeness (QED) is 0.117. The van der Waals surface area contributed by atoms with Gasteiger partial charge in [-0.25, -0.2) is 4.79 Å². The Bertz CT molecular complexity index is 1540. The van der Waals surface area contributed by atoms with Crippen LogP contribution in [-0.2, 0) is 14.3 Å². The molecule has 0 radical (unpaired) electrons. The Hall–Kier alpha value is -3.86. The molecule has 0 unspecified atom stereocenters. The molecule has 266 valence electrons. The minimum atomic E-state index is -1.31. The lowest BCUT2D eigenvalue weighted by Crippen LogP contribution is -2.69. The zero-order valence-corrected chi connectivity index (χ0v) is 29.5. The molecule has 2 aliphatic carbocycles. The second-order valence-electron chi connectivity index (χ2n) is 13.4. The fourth-order valence-corrected chi connectivity index (χ4v) is 8.09. The summed E-state index contributed by atoms with van der Waals surface area (Å²) in [5, 5.41) is 24.0. The van der Waals surface area contributed by atoms with Crippen LogP contribution >= 0.6 is 0 Å². The molecule has 1 aliphatic heterocycles. The van der Waals surface area contributed by atoms with Crippen LogP contribution in [0, 0.1) is 31.6 Å². The van der Waals surface area contributed by atoms with Crippen molar-refractivity contribution in [2.45, 2.75) is 76.5 Å². The predicted octanol–water partition coefficient (Wildman–Crippen LogP) is 7.06. The summed E-state index contributed by atoms with van der Waals surface area (Å²) in [6, 6.07) is 11.4. The van der Waals surface area contributed by atoms with Crippen molar-refractivity contribution in [1.29, 1.82) is 0 Å². The van der Waals surface area contributed by atoms with Crippen molar-refractivity contribution >= 4 is 11.8 Å². The summed E-state index contributed by atoms with van der Waals surface area (Å²) in [7, 11) is 4.59. The van der Waals surface area contributed by atoms with Gasteiger partial charge in [-0.05, 0) is 98.4 Å². The van der Waals surface area contributed by atoms with Gasteiger partial charge in [0.05, 0.1) is 25.3 Å². The van der Waals surface area contributed by atoms with Crippen LogP contribution in [0.2, 0.25) is 0 Å². The SMILES string of the molecule is C=CCO[C@@]12Oc3ccc(Oc4ccc(C)c(C)c4)cc3[C@H]3[C@H](CCCCO)[C@@H](CCCCO)C=C(C(=NOC)C[C@@H]1N(C)C(=O)OC)[C@H]32. The van der Waals surface area contributed by atoms with Gasteiger partial charge >= 0.3 is 6.09 Å². The molecule has 1 amide bonds. The zero-order chi connectivity index (χ0) is 35.1. The maximum Gasteiger partial charge on any atom is 0.409 e. The van der Waals surface area contributed by atoms with Crippen LogP contribution in [-0.4, -0.2) is 79.8 Å². The van der Waals surface area contributed by atoms with Gasteiger partial charge in [0, 0.05) is 38.2 Å². The monoisotopic (exact) mass is 676 g/mol. The van der Waals surface area contributed by atoms with Crippen molar-refractivity contribution in [3.8, 4) is 17.2 Å². The Kier molecular flexibility index (Phi) is 12.1. The van der Waals surface area contributed by atoms with E-state index in [0.717, 1.165) is 53.8 Å². The van der Waals surface area contributed by atoms with Crippen molar-refractivity contribution < 1.29 is 38.8 Å². The first-order chi connectivity index (χ1) is 23.7. The molecule has 0 saturated heterocycles. The van der Waals surface area contributed by atoms with Crippen molar-refractivity contribution in [2.24, 2.45) is 22.9 Å². The van der Waals surface area contributed by atoms with Crippen LogP contribution in [0.15, 0.2) is 65.9 Å². The highest BCUT2D eigenvalue weighted by Crippen LogP contribution is 2.61. The summed E-state index contributed by atoms with van der Waals surface area (Å²) >= 11 is 0. The second kappa shape index (κ2) is 16.2. The highest BCUT2D eigenvalue weighted by atomic mass is 16.7. The molecule has 6 atom stereocenters. The molecule has 1 fully saturated rings. The number of nitrogens with zero attached hydrogens (tertiary/aromatic N) is 2. The van der Waals surface area contributed by atoms with E-state index in [0.29, 0.717) is 30.8 Å². The van der Waals surface area contributed by atoms with Crippen molar-refractivity contribution in [3.63, 3.8) is 0 Å². The Morgan fingerprint density at radius 3 is 2.43 bits per heavy atom. The van der Waals surface area contributed by atoms with Crippen LogP contribution in [0.25, 0.3) is 0 Å². The lowest BCUT2D eigenvalue weighted by molar-refractivity contribution is -0.253. The van der Waals surface area contributed by atoms with Crippen molar-refractivity contribution in [1.82, 2.24) is 4.90 Å². The number of rotatable bonds is 15. The van der Waals surface area contributed by atoms with Crippen LogP contribution < -0.4 is 9.47 Å². The first-order valence-corrected chi connectivity index (χ1v) is 17.4. The molecular weight excluding hydrogens is 624 g/mol. The van der Waals surface area contributed by atoms with Crippen LogP contribution in [0.4, 0.5) is 4.79 Å². The topological polar surface area (TPSA) is 119 Å². The van der Waals surface area contributed by atoms with Gasteiger partial charge in [-0.1, -0.05) is 36.2 Å². The highest BCUT2D eigenvalue weighted by molar-refractivity contribution is 6.02. The van der Waals surface area contributed by atoms with E-state index in [1.54, 1.807) is 18.0 Å². The summed E-state index contributed by atoms with van der Waals surface area (Å²) in [5.74, 6) is 0.542. The number of aliphatic hydroxyl groups excluding tert-OH is 2. The number of carbonyl (C=O) groups is 1. The molecule has 49 heavy (non-hydrogen) atoms. The van der Waals surface area contributed by atoms with Crippen molar-refractivity contribution in [3.05, 3.63) is 77.4 Å². The van der Waals surface area contributed by atoms with E-state index in [-0.39, 0.29) is 43.5 Å². The van der Waals surface area contributed by atoms with Gasteiger partial charge < -0.3 is 38.9 Å². The standard InChI is InChI=1S/C39H52N2O8/c1-7-20-47-39-35(41(4)38(44)45-5)24-33(40-46-6)31-22-27(12-8-10-18-42)30(13-9-11-19-43)36(37(31)39)32-23-29(16-17-34(32)49-39)48-28-15-14-25(2)26(3)21-28/h7,14-17,21-23,27,30,35-37,42-43H,1,8-13,18-20,24H2,2-6H3/t27-,30+,35-,36+,37+,39+/m0/s1. The number of oxime groups is 1. The fraction of sp³-hybridized carbons (Fsp3) is 0.538. The smallest absolute Gasteiger partial charge is 0.409 e. The molecule has 0 aromatic heterocycles. The average molecular weight is 677 g/mol. The number of likely N-dealkylation sites (N-methyl/N-ethyl adjacent to an activating group) is 1. The molecule has 2 aromatic rings. The first kappa shape index (κ1) is 36.4. The third-order valence-corrected chi connectivity index (χ3v) is 10.5. The normalized spacial score (nSPS) is 26.1. The van der Waals surface area contributed by atoms with E-state index in [4.69, 9.17) is 23.8 Å². The number of aryl methyl sites for hydroxylation is 2. The molecule has 1 heterocycles. The molecule has 2 N–H and O–H groups in total. The third-order valence-electron chi connectivity index (χ3n) is 10.5. The Balaban J connectivity index is 1.74. The molecule has 1 saturated carbocycles. The molecule has 0 bridgehead atoms.